The Labute approximate surface area is 94.4 Å². The van der Waals surface area contributed by atoms with Crippen LogP contribution in [0.2, 0.25) is 0 Å². The van der Waals surface area contributed by atoms with Crippen LogP contribution in [-0.2, 0) is 0 Å². The zero-order valence-corrected chi connectivity index (χ0v) is 10.3. The smallest absolute Gasteiger partial charge is 0.00814 e. The molecule has 0 bridgehead atoms. The maximum Gasteiger partial charge on any atom is -0.00814 e. The van der Waals surface area contributed by atoms with Crippen molar-refractivity contribution < 1.29 is 0 Å². The minimum atomic E-state index is 0.441. The molecule has 0 saturated heterocycles. The largest absolute Gasteiger partial charge is 0.102 e. The molecule has 1 unspecified atom stereocenters. The lowest BCUT2D eigenvalue weighted by molar-refractivity contribution is 0.944. The van der Waals surface area contributed by atoms with Crippen LogP contribution in [0, 0.1) is 5.92 Å². The van der Waals surface area contributed by atoms with E-state index in [2.05, 4.69) is 70.7 Å². The van der Waals surface area contributed by atoms with Crippen molar-refractivity contribution in [2.45, 2.75) is 27.7 Å². The summed E-state index contributed by atoms with van der Waals surface area (Å²) in [6, 6.07) is 0. The fourth-order valence-corrected chi connectivity index (χ4v) is 0.909. The molecule has 82 valence electrons. The Morgan fingerprint density at radius 1 is 1.07 bits per heavy atom. The van der Waals surface area contributed by atoms with Crippen LogP contribution >= 0.6 is 0 Å². The van der Waals surface area contributed by atoms with Crippen molar-refractivity contribution in [2.75, 3.05) is 0 Å². The highest BCUT2D eigenvalue weighted by Crippen LogP contribution is 2.01. The summed E-state index contributed by atoms with van der Waals surface area (Å²) in [7, 11) is 0. The number of hydrogen-bond donors (Lipinski definition) is 0. The molecular formula is C15H22. The average Bonchev–Trinajstić information content (AvgIpc) is 2.17. The van der Waals surface area contributed by atoms with Gasteiger partial charge in [-0.3, -0.25) is 0 Å². The normalized spacial score (nSPS) is 14.5. The van der Waals surface area contributed by atoms with Gasteiger partial charge in [0, 0.05) is 0 Å². The molecule has 0 aliphatic carbocycles. The van der Waals surface area contributed by atoms with Crippen molar-refractivity contribution in [2.24, 2.45) is 5.92 Å². The molecule has 0 aromatic carbocycles. The third-order valence-electron chi connectivity index (χ3n) is 1.93. The van der Waals surface area contributed by atoms with Crippen LogP contribution in [0.4, 0.5) is 0 Å². The Kier molecular flexibility index (Phi) is 7.35. The van der Waals surface area contributed by atoms with Crippen LogP contribution in [0.15, 0.2) is 60.3 Å². The zero-order chi connectivity index (χ0) is 11.7. The van der Waals surface area contributed by atoms with E-state index in [0.29, 0.717) is 5.92 Å². The van der Waals surface area contributed by atoms with Crippen LogP contribution in [0.3, 0.4) is 0 Å². The van der Waals surface area contributed by atoms with Gasteiger partial charge in [0.1, 0.15) is 0 Å². The molecule has 0 heterocycles. The van der Waals surface area contributed by atoms with Gasteiger partial charge in [-0.05, 0) is 26.7 Å². The highest BCUT2D eigenvalue weighted by atomic mass is 13.9. The van der Waals surface area contributed by atoms with Gasteiger partial charge in [0.05, 0.1) is 0 Å². The number of allylic oxidation sites excluding steroid dienone is 9. The number of hydrogen-bond acceptors (Lipinski definition) is 0. The summed E-state index contributed by atoms with van der Waals surface area (Å²) in [5, 5.41) is 0. The van der Waals surface area contributed by atoms with Gasteiger partial charge in [0.15, 0.2) is 0 Å². The highest BCUT2D eigenvalue weighted by Gasteiger charge is 1.84. The van der Waals surface area contributed by atoms with Crippen molar-refractivity contribution in [3.63, 3.8) is 0 Å². The maximum atomic E-state index is 3.73. The van der Waals surface area contributed by atoms with E-state index in [0.717, 1.165) is 0 Å². The Bertz CT molecular complexity index is 294. The van der Waals surface area contributed by atoms with Crippen LogP contribution < -0.4 is 0 Å². The van der Waals surface area contributed by atoms with Gasteiger partial charge in [0.2, 0.25) is 0 Å². The summed E-state index contributed by atoms with van der Waals surface area (Å²) in [5.74, 6) is 0.441. The van der Waals surface area contributed by atoms with Crippen LogP contribution in [0.25, 0.3) is 0 Å². The highest BCUT2D eigenvalue weighted by molar-refractivity contribution is 5.25. The molecule has 0 saturated carbocycles. The van der Waals surface area contributed by atoms with Crippen LogP contribution in [0.5, 0.6) is 0 Å². The molecule has 15 heavy (non-hydrogen) atoms. The molecule has 0 amide bonds. The molecular weight excluding hydrogens is 180 g/mol. The Hall–Kier alpha value is -1.30. The molecule has 0 rings (SSSR count). The predicted molar refractivity (Wildman–Crippen MR) is 70.8 cm³/mol. The summed E-state index contributed by atoms with van der Waals surface area (Å²) < 4.78 is 0. The first-order valence-electron chi connectivity index (χ1n) is 5.35. The molecule has 0 spiro atoms. The lowest BCUT2D eigenvalue weighted by atomic mass is 10.1. The first-order valence-corrected chi connectivity index (χ1v) is 5.35. The van der Waals surface area contributed by atoms with Gasteiger partial charge in [-0.1, -0.05) is 60.6 Å². The number of rotatable bonds is 5. The second-order valence-corrected chi connectivity index (χ2v) is 3.99. The van der Waals surface area contributed by atoms with Crippen molar-refractivity contribution in [3.8, 4) is 0 Å². The second kappa shape index (κ2) is 8.05. The third-order valence-corrected chi connectivity index (χ3v) is 1.93. The van der Waals surface area contributed by atoms with E-state index < -0.39 is 0 Å². The third kappa shape index (κ3) is 9.01. The van der Waals surface area contributed by atoms with Crippen molar-refractivity contribution in [1.29, 1.82) is 0 Å². The van der Waals surface area contributed by atoms with E-state index in [1.807, 2.05) is 6.08 Å². The zero-order valence-electron chi connectivity index (χ0n) is 10.3. The fourth-order valence-electron chi connectivity index (χ4n) is 0.909. The van der Waals surface area contributed by atoms with E-state index in [4.69, 9.17) is 0 Å². The average molecular weight is 202 g/mol. The van der Waals surface area contributed by atoms with Gasteiger partial charge in [-0.25, -0.2) is 0 Å². The van der Waals surface area contributed by atoms with Crippen molar-refractivity contribution >= 4 is 0 Å². The Morgan fingerprint density at radius 2 is 1.73 bits per heavy atom. The lowest BCUT2D eigenvalue weighted by Gasteiger charge is -1.93. The van der Waals surface area contributed by atoms with Gasteiger partial charge in [0.25, 0.3) is 0 Å². The van der Waals surface area contributed by atoms with E-state index in [1.165, 1.54) is 11.1 Å². The SMILES string of the molecule is C=CC(C)/C=C/C=C(C)/C=C/C=C(C)C. The molecule has 0 radical (unpaired) electrons. The molecule has 0 N–H and O–H groups in total. The first kappa shape index (κ1) is 13.7. The summed E-state index contributed by atoms with van der Waals surface area (Å²) in [6.45, 7) is 12.1. The molecule has 0 nitrogen and oxygen atoms in total. The minimum Gasteiger partial charge on any atom is -0.102 e. The summed E-state index contributed by atoms with van der Waals surface area (Å²) >= 11 is 0. The molecule has 1 atom stereocenters. The maximum absolute atomic E-state index is 3.73. The summed E-state index contributed by atoms with van der Waals surface area (Å²) in [5.41, 5.74) is 2.56. The van der Waals surface area contributed by atoms with E-state index in [-0.39, 0.29) is 0 Å². The van der Waals surface area contributed by atoms with E-state index >= 15 is 0 Å². The van der Waals surface area contributed by atoms with Gasteiger partial charge in [-0.2, -0.15) is 0 Å². The fraction of sp³-hybridized carbons (Fsp3) is 0.333. The second-order valence-electron chi connectivity index (χ2n) is 3.99. The topological polar surface area (TPSA) is 0 Å². The molecule has 0 heteroatoms. The molecule has 0 aliphatic heterocycles. The lowest BCUT2D eigenvalue weighted by Crippen LogP contribution is -1.78. The van der Waals surface area contributed by atoms with Crippen LogP contribution in [-0.4, -0.2) is 0 Å². The van der Waals surface area contributed by atoms with Gasteiger partial charge < -0.3 is 0 Å². The van der Waals surface area contributed by atoms with E-state index in [9.17, 15) is 0 Å². The standard InChI is InChI=1S/C15H22/c1-6-14(4)10-8-12-15(5)11-7-9-13(2)3/h6-12,14H,1H2,2-5H3/b10-8+,11-7+,15-12+. The minimum absolute atomic E-state index is 0.441. The first-order chi connectivity index (χ1) is 7.06. The predicted octanol–water partition coefficient (Wildman–Crippen LogP) is 4.83. The van der Waals surface area contributed by atoms with Crippen molar-refractivity contribution in [1.82, 2.24) is 0 Å². The Morgan fingerprint density at radius 3 is 2.27 bits per heavy atom. The monoisotopic (exact) mass is 202 g/mol. The van der Waals surface area contributed by atoms with Gasteiger partial charge in [-0.15, -0.1) is 6.58 Å². The quantitative estimate of drug-likeness (QED) is 0.442. The summed E-state index contributed by atoms with van der Waals surface area (Å²) in [4.78, 5) is 0. The van der Waals surface area contributed by atoms with E-state index in [1.54, 1.807) is 0 Å². The summed E-state index contributed by atoms with van der Waals surface area (Å²) in [6.07, 6.45) is 14.5. The van der Waals surface area contributed by atoms with Crippen molar-refractivity contribution in [3.05, 3.63) is 60.3 Å². The molecule has 0 aromatic heterocycles. The molecule has 0 aromatic rings. The molecule has 0 fully saturated rings. The Balaban J connectivity index is 4.21. The van der Waals surface area contributed by atoms with Crippen LogP contribution in [0.1, 0.15) is 27.7 Å². The van der Waals surface area contributed by atoms with Gasteiger partial charge >= 0.3 is 0 Å². The molecule has 0 aliphatic rings.